The lowest BCUT2D eigenvalue weighted by Crippen LogP contribution is -2.44. The first kappa shape index (κ1) is 21.2. The van der Waals surface area contributed by atoms with Crippen molar-refractivity contribution in [3.63, 3.8) is 0 Å². The molecule has 0 atom stereocenters. The summed E-state index contributed by atoms with van der Waals surface area (Å²) < 4.78 is 25.5. The number of hydrogen-bond donors (Lipinski definition) is 1. The topological polar surface area (TPSA) is 77.7 Å². The molecule has 0 saturated carbocycles. The third-order valence-electron chi connectivity index (χ3n) is 4.52. The second kappa shape index (κ2) is 8.45. The maximum Gasteiger partial charge on any atom is 0.410 e. The van der Waals surface area contributed by atoms with E-state index in [-0.39, 0.29) is 28.6 Å². The summed E-state index contributed by atoms with van der Waals surface area (Å²) in [6.07, 6.45) is 1.14. The minimum absolute atomic E-state index is 0.00362. The number of anilines is 1. The Hall–Kier alpha value is -2.54. The van der Waals surface area contributed by atoms with Crippen molar-refractivity contribution in [2.75, 3.05) is 18.8 Å². The van der Waals surface area contributed by atoms with Gasteiger partial charge in [0.15, 0.2) is 0 Å². The molecule has 0 spiro atoms. The van der Waals surface area contributed by atoms with Crippen LogP contribution in [-0.2, 0) is 4.74 Å². The highest BCUT2D eigenvalue weighted by atomic mass is 35.5. The van der Waals surface area contributed by atoms with Crippen molar-refractivity contribution in [3.8, 4) is 16.9 Å². The molecule has 1 aromatic carbocycles. The number of benzene rings is 1. The molecule has 2 N–H and O–H groups in total. The number of halogens is 2. The molecule has 0 aliphatic carbocycles. The van der Waals surface area contributed by atoms with Crippen LogP contribution in [0, 0.1) is 5.95 Å². The largest absolute Gasteiger partial charge is 0.490 e. The number of rotatable bonds is 3. The van der Waals surface area contributed by atoms with E-state index < -0.39 is 11.5 Å². The van der Waals surface area contributed by atoms with E-state index in [1.807, 2.05) is 20.8 Å². The highest BCUT2D eigenvalue weighted by molar-refractivity contribution is 6.33. The summed E-state index contributed by atoms with van der Waals surface area (Å²) in [5, 5.41) is 0.207. The summed E-state index contributed by atoms with van der Waals surface area (Å²) in [4.78, 5) is 17.5. The SMILES string of the molecule is CC(C)(C)OC(=O)N1CCC(Oc2ccc(-c3cc(Cl)c(N)nc3F)cc2)CC1. The number of hydrogen-bond acceptors (Lipinski definition) is 5. The Bertz CT molecular complexity index is 876. The Morgan fingerprint density at radius 3 is 2.45 bits per heavy atom. The molecule has 1 fully saturated rings. The van der Waals surface area contributed by atoms with Crippen LogP contribution in [0.25, 0.3) is 11.1 Å². The van der Waals surface area contributed by atoms with Gasteiger partial charge in [-0.25, -0.2) is 9.78 Å². The van der Waals surface area contributed by atoms with E-state index in [0.717, 1.165) is 0 Å². The van der Waals surface area contributed by atoms with Crippen molar-refractivity contribution in [2.24, 2.45) is 0 Å². The molecule has 6 nitrogen and oxygen atoms in total. The predicted octanol–water partition coefficient (Wildman–Crippen LogP) is 4.90. The van der Waals surface area contributed by atoms with Crippen LogP contribution in [0.5, 0.6) is 5.75 Å². The molecule has 3 rings (SSSR count). The van der Waals surface area contributed by atoms with E-state index in [9.17, 15) is 9.18 Å². The zero-order valence-electron chi connectivity index (χ0n) is 16.7. The number of likely N-dealkylation sites (tertiary alicyclic amines) is 1. The average molecular weight is 422 g/mol. The Labute approximate surface area is 174 Å². The Balaban J connectivity index is 1.58. The van der Waals surface area contributed by atoms with Crippen molar-refractivity contribution >= 4 is 23.5 Å². The smallest absolute Gasteiger partial charge is 0.410 e. The van der Waals surface area contributed by atoms with Gasteiger partial charge in [-0.05, 0) is 44.5 Å². The monoisotopic (exact) mass is 421 g/mol. The van der Waals surface area contributed by atoms with Crippen molar-refractivity contribution in [1.82, 2.24) is 9.88 Å². The van der Waals surface area contributed by atoms with Crippen LogP contribution in [0.2, 0.25) is 5.02 Å². The van der Waals surface area contributed by atoms with Crippen LogP contribution in [0.1, 0.15) is 33.6 Å². The van der Waals surface area contributed by atoms with Crippen molar-refractivity contribution < 1.29 is 18.7 Å². The fourth-order valence-electron chi connectivity index (χ4n) is 3.07. The maximum atomic E-state index is 14.1. The summed E-state index contributed by atoms with van der Waals surface area (Å²) in [7, 11) is 0. The van der Waals surface area contributed by atoms with Gasteiger partial charge < -0.3 is 20.1 Å². The second-order valence-electron chi connectivity index (χ2n) is 8.00. The van der Waals surface area contributed by atoms with Crippen LogP contribution in [0.3, 0.4) is 0 Å². The molecular formula is C21H25ClFN3O3. The van der Waals surface area contributed by atoms with Crippen molar-refractivity contribution in [1.29, 1.82) is 0 Å². The molecule has 1 aromatic heterocycles. The molecule has 0 unspecified atom stereocenters. The third kappa shape index (κ3) is 5.50. The zero-order chi connectivity index (χ0) is 21.2. The van der Waals surface area contributed by atoms with Crippen LogP contribution in [0.15, 0.2) is 30.3 Å². The number of ether oxygens (including phenoxy) is 2. The molecule has 1 aliphatic rings. The second-order valence-corrected chi connectivity index (χ2v) is 8.41. The van der Waals surface area contributed by atoms with E-state index in [1.54, 1.807) is 29.2 Å². The fourth-order valence-corrected chi connectivity index (χ4v) is 3.22. The number of nitrogens with two attached hydrogens (primary N) is 1. The first-order valence-electron chi connectivity index (χ1n) is 9.49. The number of nitrogens with zero attached hydrogens (tertiary/aromatic N) is 2. The number of amides is 1. The summed E-state index contributed by atoms with van der Waals surface area (Å²) in [6.45, 7) is 6.72. The average Bonchev–Trinajstić information content (AvgIpc) is 2.65. The highest BCUT2D eigenvalue weighted by Gasteiger charge is 2.27. The molecule has 1 amide bonds. The third-order valence-corrected chi connectivity index (χ3v) is 4.82. The van der Waals surface area contributed by atoms with E-state index in [2.05, 4.69) is 4.98 Å². The molecule has 1 aliphatic heterocycles. The first-order valence-corrected chi connectivity index (χ1v) is 9.87. The van der Waals surface area contributed by atoms with Crippen LogP contribution < -0.4 is 10.5 Å². The molecule has 0 bridgehead atoms. The Morgan fingerprint density at radius 2 is 1.86 bits per heavy atom. The van der Waals surface area contributed by atoms with Gasteiger partial charge in [0.05, 0.1) is 5.02 Å². The first-order chi connectivity index (χ1) is 13.6. The number of carbonyl (C=O) groups excluding carboxylic acids is 1. The molecule has 2 heterocycles. The molecule has 2 aromatic rings. The molecule has 156 valence electrons. The van der Waals surface area contributed by atoms with Gasteiger partial charge in [-0.15, -0.1) is 0 Å². The summed E-state index contributed by atoms with van der Waals surface area (Å²) >= 11 is 5.95. The lowest BCUT2D eigenvalue weighted by Gasteiger charge is -2.33. The Morgan fingerprint density at radius 1 is 1.24 bits per heavy atom. The molecule has 29 heavy (non-hydrogen) atoms. The summed E-state index contributed by atoms with van der Waals surface area (Å²) in [6, 6.07) is 8.51. The normalized spacial score (nSPS) is 15.3. The van der Waals surface area contributed by atoms with Gasteiger partial charge in [-0.1, -0.05) is 23.7 Å². The zero-order valence-corrected chi connectivity index (χ0v) is 17.5. The van der Waals surface area contributed by atoms with Crippen LogP contribution in [0.4, 0.5) is 15.0 Å². The van der Waals surface area contributed by atoms with Crippen LogP contribution in [-0.4, -0.2) is 40.8 Å². The van der Waals surface area contributed by atoms with E-state index in [0.29, 0.717) is 37.2 Å². The number of carbonyl (C=O) groups is 1. The van der Waals surface area contributed by atoms with Gasteiger partial charge in [0, 0.05) is 31.5 Å². The number of aromatic nitrogens is 1. The maximum absolute atomic E-state index is 14.1. The fraction of sp³-hybridized carbons (Fsp3) is 0.429. The van der Waals surface area contributed by atoms with Crippen molar-refractivity contribution in [2.45, 2.75) is 45.3 Å². The summed E-state index contributed by atoms with van der Waals surface area (Å²) in [5.74, 6) is -0.0277. The number of pyridine rings is 1. The van der Waals surface area contributed by atoms with Gasteiger partial charge in [-0.3, -0.25) is 0 Å². The molecule has 0 radical (unpaired) electrons. The molecule has 1 saturated heterocycles. The summed E-state index contributed by atoms with van der Waals surface area (Å²) in [5.41, 5.74) is 5.92. The standard InChI is InChI=1S/C21H25ClFN3O3/c1-21(2,3)29-20(27)26-10-8-15(9-11-26)28-14-6-4-13(5-7-14)16-12-17(22)19(24)25-18(16)23/h4-7,12,15H,8-11H2,1-3H3,(H2,24,25). The minimum Gasteiger partial charge on any atom is -0.490 e. The van der Waals surface area contributed by atoms with E-state index >= 15 is 0 Å². The van der Waals surface area contributed by atoms with Gasteiger partial charge >= 0.3 is 6.09 Å². The molecular weight excluding hydrogens is 397 g/mol. The predicted molar refractivity (Wildman–Crippen MR) is 111 cm³/mol. The highest BCUT2D eigenvalue weighted by Crippen LogP contribution is 2.30. The van der Waals surface area contributed by atoms with Gasteiger partial charge in [0.1, 0.15) is 23.3 Å². The van der Waals surface area contributed by atoms with Gasteiger partial charge in [-0.2, -0.15) is 4.39 Å². The quantitative estimate of drug-likeness (QED) is 0.713. The molecule has 8 heteroatoms. The van der Waals surface area contributed by atoms with E-state index in [1.165, 1.54) is 6.07 Å². The van der Waals surface area contributed by atoms with Crippen LogP contribution >= 0.6 is 11.6 Å². The van der Waals surface area contributed by atoms with Gasteiger partial charge in [0.2, 0.25) is 5.95 Å². The lowest BCUT2D eigenvalue weighted by atomic mass is 10.1. The number of nitrogen functional groups attached to an aromatic ring is 1. The Kier molecular flexibility index (Phi) is 6.17. The van der Waals surface area contributed by atoms with Gasteiger partial charge in [0.25, 0.3) is 0 Å². The van der Waals surface area contributed by atoms with Crippen molar-refractivity contribution in [3.05, 3.63) is 41.3 Å². The number of piperidine rings is 1. The lowest BCUT2D eigenvalue weighted by molar-refractivity contribution is 0.0126. The van der Waals surface area contributed by atoms with E-state index in [4.69, 9.17) is 26.8 Å². The minimum atomic E-state index is -0.671.